The third-order valence-electron chi connectivity index (χ3n) is 4.30. The predicted octanol–water partition coefficient (Wildman–Crippen LogP) is 2.79. The van der Waals surface area contributed by atoms with Crippen molar-refractivity contribution in [2.24, 2.45) is 0 Å². The Kier molecular flexibility index (Phi) is 4.93. The molecule has 23 heavy (non-hydrogen) atoms. The third kappa shape index (κ3) is 4.11. The van der Waals surface area contributed by atoms with Crippen molar-refractivity contribution in [2.75, 3.05) is 18.8 Å². The van der Waals surface area contributed by atoms with Gasteiger partial charge in [-0.3, -0.25) is 9.69 Å². The molecule has 2 aromatic carbocycles. The molecule has 3 N–H and O–H groups in total. The average Bonchev–Trinajstić information content (AvgIpc) is 3.07. The zero-order chi connectivity index (χ0) is 16.1. The molecule has 2 aromatic rings. The zero-order valence-electron chi connectivity index (χ0n) is 13.3. The Morgan fingerprint density at radius 2 is 1.78 bits per heavy atom. The van der Waals surface area contributed by atoms with E-state index in [1.165, 1.54) is 37.1 Å². The molecule has 0 aliphatic carbocycles. The van der Waals surface area contributed by atoms with Crippen LogP contribution in [0.15, 0.2) is 48.5 Å². The van der Waals surface area contributed by atoms with Gasteiger partial charge in [0.15, 0.2) is 0 Å². The number of amides is 1. The SMILES string of the molecule is Nc1cccc(C(=O)NCc2ccccc2CN2CCCC2)c1. The first kappa shape index (κ1) is 15.6. The van der Waals surface area contributed by atoms with Crippen LogP contribution in [0.4, 0.5) is 5.69 Å². The number of carbonyl (C=O) groups is 1. The molecule has 0 radical (unpaired) electrons. The molecule has 4 nitrogen and oxygen atoms in total. The van der Waals surface area contributed by atoms with Gasteiger partial charge in [0.25, 0.3) is 5.91 Å². The minimum atomic E-state index is -0.0896. The summed E-state index contributed by atoms with van der Waals surface area (Å²) in [5.74, 6) is -0.0896. The minimum Gasteiger partial charge on any atom is -0.399 e. The van der Waals surface area contributed by atoms with Crippen molar-refractivity contribution in [1.82, 2.24) is 10.2 Å². The molecule has 4 heteroatoms. The highest BCUT2D eigenvalue weighted by Crippen LogP contribution is 2.16. The summed E-state index contributed by atoms with van der Waals surface area (Å²) >= 11 is 0. The van der Waals surface area contributed by atoms with Crippen molar-refractivity contribution in [3.63, 3.8) is 0 Å². The van der Waals surface area contributed by atoms with Crippen LogP contribution in [0.25, 0.3) is 0 Å². The Morgan fingerprint density at radius 3 is 2.52 bits per heavy atom. The average molecular weight is 309 g/mol. The van der Waals surface area contributed by atoms with Crippen LogP contribution < -0.4 is 11.1 Å². The van der Waals surface area contributed by atoms with Gasteiger partial charge in [0.05, 0.1) is 0 Å². The molecule has 0 aromatic heterocycles. The number of rotatable bonds is 5. The summed E-state index contributed by atoms with van der Waals surface area (Å²) in [5, 5.41) is 2.99. The van der Waals surface area contributed by atoms with Crippen molar-refractivity contribution >= 4 is 11.6 Å². The molecule has 0 bridgehead atoms. The Labute approximate surface area is 137 Å². The Morgan fingerprint density at radius 1 is 1.04 bits per heavy atom. The number of nitrogen functional groups attached to an aromatic ring is 1. The van der Waals surface area contributed by atoms with Crippen molar-refractivity contribution < 1.29 is 4.79 Å². The Balaban J connectivity index is 1.64. The van der Waals surface area contributed by atoms with Crippen LogP contribution >= 0.6 is 0 Å². The zero-order valence-corrected chi connectivity index (χ0v) is 13.3. The van der Waals surface area contributed by atoms with Gasteiger partial charge < -0.3 is 11.1 Å². The number of anilines is 1. The molecule has 1 heterocycles. The highest BCUT2D eigenvalue weighted by Gasteiger charge is 2.14. The molecule has 1 fully saturated rings. The van der Waals surface area contributed by atoms with Crippen LogP contribution in [0.2, 0.25) is 0 Å². The summed E-state index contributed by atoms with van der Waals surface area (Å²) in [4.78, 5) is 14.7. The van der Waals surface area contributed by atoms with E-state index in [-0.39, 0.29) is 5.91 Å². The van der Waals surface area contributed by atoms with Crippen LogP contribution in [-0.2, 0) is 13.1 Å². The monoisotopic (exact) mass is 309 g/mol. The molecule has 1 saturated heterocycles. The van der Waals surface area contributed by atoms with Crippen molar-refractivity contribution in [1.29, 1.82) is 0 Å². The number of nitrogens with zero attached hydrogens (tertiary/aromatic N) is 1. The number of hydrogen-bond acceptors (Lipinski definition) is 3. The van der Waals surface area contributed by atoms with Crippen LogP contribution in [0.3, 0.4) is 0 Å². The predicted molar refractivity (Wildman–Crippen MR) is 93.0 cm³/mol. The number of nitrogens with two attached hydrogens (primary N) is 1. The third-order valence-corrected chi connectivity index (χ3v) is 4.30. The van der Waals surface area contributed by atoms with E-state index in [4.69, 9.17) is 5.73 Å². The Bertz CT molecular complexity index is 678. The maximum absolute atomic E-state index is 12.2. The van der Waals surface area contributed by atoms with Crippen LogP contribution in [0.1, 0.15) is 34.3 Å². The lowest BCUT2D eigenvalue weighted by Gasteiger charge is -2.17. The molecule has 1 aliphatic heterocycles. The number of carbonyl (C=O) groups excluding carboxylic acids is 1. The van der Waals surface area contributed by atoms with Crippen LogP contribution in [-0.4, -0.2) is 23.9 Å². The number of likely N-dealkylation sites (tertiary alicyclic amines) is 1. The van der Waals surface area contributed by atoms with E-state index in [1.807, 2.05) is 6.07 Å². The van der Waals surface area contributed by atoms with E-state index in [9.17, 15) is 4.79 Å². The second-order valence-electron chi connectivity index (χ2n) is 6.06. The minimum absolute atomic E-state index is 0.0896. The largest absolute Gasteiger partial charge is 0.399 e. The summed E-state index contributed by atoms with van der Waals surface area (Å²) in [6, 6.07) is 15.4. The van der Waals surface area contributed by atoms with Gasteiger partial charge >= 0.3 is 0 Å². The normalized spacial score (nSPS) is 14.8. The first-order valence-electron chi connectivity index (χ1n) is 8.15. The summed E-state index contributed by atoms with van der Waals surface area (Å²) in [7, 11) is 0. The van der Waals surface area contributed by atoms with E-state index in [2.05, 4.69) is 28.4 Å². The molecule has 3 rings (SSSR count). The summed E-state index contributed by atoms with van der Waals surface area (Å²) in [6.07, 6.45) is 2.57. The maximum atomic E-state index is 12.2. The Hall–Kier alpha value is -2.33. The molecule has 0 unspecified atom stereocenters. The lowest BCUT2D eigenvalue weighted by atomic mass is 10.1. The quantitative estimate of drug-likeness (QED) is 0.835. The first-order valence-corrected chi connectivity index (χ1v) is 8.15. The molecule has 1 aliphatic rings. The molecule has 120 valence electrons. The van der Waals surface area contributed by atoms with Gasteiger partial charge in [0.1, 0.15) is 0 Å². The van der Waals surface area contributed by atoms with Gasteiger partial charge in [-0.25, -0.2) is 0 Å². The molecular weight excluding hydrogens is 286 g/mol. The van der Waals surface area contributed by atoms with Gasteiger partial charge in [-0.05, 0) is 55.3 Å². The second-order valence-corrected chi connectivity index (χ2v) is 6.06. The van der Waals surface area contributed by atoms with E-state index >= 15 is 0 Å². The van der Waals surface area contributed by atoms with Crippen molar-refractivity contribution in [2.45, 2.75) is 25.9 Å². The summed E-state index contributed by atoms with van der Waals surface area (Å²) < 4.78 is 0. The molecule has 1 amide bonds. The fourth-order valence-electron chi connectivity index (χ4n) is 3.02. The van der Waals surface area contributed by atoms with Crippen LogP contribution in [0, 0.1) is 0 Å². The van der Waals surface area contributed by atoms with Crippen LogP contribution in [0.5, 0.6) is 0 Å². The second kappa shape index (κ2) is 7.29. The highest BCUT2D eigenvalue weighted by atomic mass is 16.1. The van der Waals surface area contributed by atoms with Crippen molar-refractivity contribution in [3.8, 4) is 0 Å². The topological polar surface area (TPSA) is 58.4 Å². The van der Waals surface area contributed by atoms with Gasteiger partial charge in [0.2, 0.25) is 0 Å². The van der Waals surface area contributed by atoms with Crippen molar-refractivity contribution in [3.05, 3.63) is 65.2 Å². The smallest absolute Gasteiger partial charge is 0.251 e. The molecule has 0 spiro atoms. The maximum Gasteiger partial charge on any atom is 0.251 e. The van der Waals surface area contributed by atoms with E-state index < -0.39 is 0 Å². The fourth-order valence-corrected chi connectivity index (χ4v) is 3.02. The highest BCUT2D eigenvalue weighted by molar-refractivity contribution is 5.94. The summed E-state index contributed by atoms with van der Waals surface area (Å²) in [5.41, 5.74) is 9.41. The van der Waals surface area contributed by atoms with Gasteiger partial charge in [-0.2, -0.15) is 0 Å². The van der Waals surface area contributed by atoms with Gasteiger partial charge in [0, 0.05) is 24.3 Å². The summed E-state index contributed by atoms with van der Waals surface area (Å²) in [6.45, 7) is 3.84. The molecular formula is C19H23N3O. The van der Waals surface area contributed by atoms with E-state index in [0.29, 0.717) is 17.8 Å². The lowest BCUT2D eigenvalue weighted by Crippen LogP contribution is -2.25. The lowest BCUT2D eigenvalue weighted by molar-refractivity contribution is 0.0951. The molecule has 0 saturated carbocycles. The standard InChI is InChI=1S/C19H23N3O/c20-18-9-5-8-15(12-18)19(23)21-13-16-6-1-2-7-17(16)14-22-10-3-4-11-22/h1-2,5-9,12H,3-4,10-11,13-14,20H2,(H,21,23). The van der Waals surface area contributed by atoms with Gasteiger partial charge in [-0.15, -0.1) is 0 Å². The fraction of sp³-hybridized carbons (Fsp3) is 0.316. The molecule has 0 atom stereocenters. The number of nitrogens with one attached hydrogen (secondary N) is 1. The van der Waals surface area contributed by atoms with E-state index in [1.54, 1.807) is 24.3 Å². The number of benzene rings is 2. The first-order chi connectivity index (χ1) is 11.2. The van der Waals surface area contributed by atoms with E-state index in [0.717, 1.165) is 6.54 Å². The van der Waals surface area contributed by atoms with Gasteiger partial charge in [-0.1, -0.05) is 30.3 Å². The number of hydrogen-bond donors (Lipinski definition) is 2.